The van der Waals surface area contributed by atoms with Crippen molar-refractivity contribution in [1.29, 1.82) is 0 Å². The number of hydrogen-bond acceptors (Lipinski definition) is 6. The molecule has 1 atom stereocenters. The molecule has 7 nitrogen and oxygen atoms in total. The molecule has 0 bridgehead atoms. The number of carbonyl (C=O) groups excluding carboxylic acids is 2. The van der Waals surface area contributed by atoms with Crippen molar-refractivity contribution in [2.24, 2.45) is 0 Å². The van der Waals surface area contributed by atoms with Crippen molar-refractivity contribution in [3.05, 3.63) is 41.7 Å². The minimum atomic E-state index is -0.465. The zero-order chi connectivity index (χ0) is 16.2. The van der Waals surface area contributed by atoms with E-state index in [1.807, 2.05) is 0 Å². The number of anilines is 1. The monoisotopic (exact) mass is 332 g/mol. The van der Waals surface area contributed by atoms with Gasteiger partial charge < -0.3 is 15.3 Å². The Balaban J connectivity index is 1.72. The molecule has 2 amide bonds. The molecule has 120 valence electrons. The summed E-state index contributed by atoms with van der Waals surface area (Å²) in [5, 5.41) is 12.4. The molecule has 1 aliphatic rings. The third-order valence-corrected chi connectivity index (χ3v) is 4.12. The van der Waals surface area contributed by atoms with Gasteiger partial charge in [-0.2, -0.15) is 8.75 Å². The molecule has 1 aliphatic heterocycles. The van der Waals surface area contributed by atoms with Gasteiger partial charge in [0.2, 0.25) is 0 Å². The average Bonchev–Trinajstić information content (AvgIpc) is 3.09. The second kappa shape index (κ2) is 6.84. The molecule has 0 saturated carbocycles. The number of aromatic nitrogens is 2. The first-order valence-electron chi connectivity index (χ1n) is 7.30. The van der Waals surface area contributed by atoms with Gasteiger partial charge >= 0.3 is 0 Å². The van der Waals surface area contributed by atoms with Crippen LogP contribution in [-0.4, -0.2) is 49.8 Å². The number of piperidine rings is 1. The predicted molar refractivity (Wildman–Crippen MR) is 85.4 cm³/mol. The lowest BCUT2D eigenvalue weighted by atomic mass is 10.1. The smallest absolute Gasteiger partial charge is 0.277 e. The molecule has 1 unspecified atom stereocenters. The minimum Gasteiger partial charge on any atom is -0.391 e. The molecule has 2 aromatic rings. The van der Waals surface area contributed by atoms with Gasteiger partial charge in [-0.3, -0.25) is 9.59 Å². The molecular formula is C15H16N4O3S. The summed E-state index contributed by atoms with van der Waals surface area (Å²) in [7, 11) is 0. The maximum absolute atomic E-state index is 12.5. The summed E-state index contributed by atoms with van der Waals surface area (Å²) in [6.45, 7) is 0.983. The molecule has 2 heterocycles. The topological polar surface area (TPSA) is 95.4 Å². The van der Waals surface area contributed by atoms with Crippen LogP contribution in [0.1, 0.15) is 33.7 Å². The number of likely N-dealkylation sites (tertiary alicyclic amines) is 1. The number of nitrogens with one attached hydrogen (secondary N) is 1. The van der Waals surface area contributed by atoms with Gasteiger partial charge in [0.05, 0.1) is 24.0 Å². The number of aliphatic hydroxyl groups excluding tert-OH is 1. The molecule has 8 heteroatoms. The van der Waals surface area contributed by atoms with Crippen LogP contribution >= 0.6 is 11.7 Å². The van der Waals surface area contributed by atoms with Crippen LogP contribution in [-0.2, 0) is 0 Å². The fraction of sp³-hybridized carbons (Fsp3) is 0.333. The van der Waals surface area contributed by atoms with Crippen molar-refractivity contribution >= 4 is 29.2 Å². The van der Waals surface area contributed by atoms with Crippen molar-refractivity contribution in [1.82, 2.24) is 13.6 Å². The average molecular weight is 332 g/mol. The lowest BCUT2D eigenvalue weighted by Gasteiger charge is -2.30. The summed E-state index contributed by atoms with van der Waals surface area (Å²) in [6.07, 6.45) is 2.44. The first kappa shape index (κ1) is 15.6. The van der Waals surface area contributed by atoms with E-state index in [0.717, 1.165) is 24.6 Å². The van der Waals surface area contributed by atoms with Crippen LogP contribution in [0.5, 0.6) is 0 Å². The van der Waals surface area contributed by atoms with Gasteiger partial charge in [0, 0.05) is 24.3 Å². The molecule has 3 rings (SSSR count). The second-order valence-corrected chi connectivity index (χ2v) is 5.93. The standard InChI is InChI=1S/C15H16N4O3S/c20-12-5-2-6-19(9-12)15(22)10-3-1-4-11(7-10)17-14(21)13-8-16-23-18-13/h1,3-4,7-8,12,20H,2,5-6,9H2,(H,17,21). The van der Waals surface area contributed by atoms with E-state index in [4.69, 9.17) is 0 Å². The number of β-amino-alcohol motifs (C(OH)–C–C–N with tert-alkyl or cyclic N) is 1. The molecule has 23 heavy (non-hydrogen) atoms. The molecule has 1 aromatic carbocycles. The van der Waals surface area contributed by atoms with E-state index in [0.29, 0.717) is 24.3 Å². The lowest BCUT2D eigenvalue weighted by Crippen LogP contribution is -2.42. The number of amides is 2. The Morgan fingerprint density at radius 3 is 3.00 bits per heavy atom. The van der Waals surface area contributed by atoms with Crippen molar-refractivity contribution in [3.8, 4) is 0 Å². The van der Waals surface area contributed by atoms with Crippen LogP contribution in [0.3, 0.4) is 0 Å². The minimum absolute atomic E-state index is 0.143. The number of aliphatic hydroxyl groups is 1. The second-order valence-electron chi connectivity index (χ2n) is 5.37. The number of hydrogen-bond donors (Lipinski definition) is 2. The van der Waals surface area contributed by atoms with E-state index in [-0.39, 0.29) is 17.5 Å². The van der Waals surface area contributed by atoms with Crippen molar-refractivity contribution in [3.63, 3.8) is 0 Å². The molecular weight excluding hydrogens is 316 g/mol. The van der Waals surface area contributed by atoms with Crippen LogP contribution in [0.15, 0.2) is 30.5 Å². The Labute approximate surface area is 137 Å². The van der Waals surface area contributed by atoms with E-state index in [9.17, 15) is 14.7 Å². The van der Waals surface area contributed by atoms with E-state index in [2.05, 4.69) is 14.1 Å². The van der Waals surface area contributed by atoms with Crippen molar-refractivity contribution in [2.75, 3.05) is 18.4 Å². The highest BCUT2D eigenvalue weighted by Crippen LogP contribution is 2.17. The summed E-state index contributed by atoms with van der Waals surface area (Å²) in [5.74, 6) is -0.507. The van der Waals surface area contributed by atoms with Gasteiger partial charge in [0.15, 0.2) is 5.69 Å². The zero-order valence-electron chi connectivity index (χ0n) is 12.3. The highest BCUT2D eigenvalue weighted by Gasteiger charge is 2.23. The Morgan fingerprint density at radius 2 is 2.26 bits per heavy atom. The third kappa shape index (κ3) is 3.72. The molecule has 1 saturated heterocycles. The van der Waals surface area contributed by atoms with E-state index >= 15 is 0 Å². The van der Waals surface area contributed by atoms with Gasteiger partial charge in [-0.05, 0) is 31.0 Å². The third-order valence-electron chi connectivity index (χ3n) is 3.65. The van der Waals surface area contributed by atoms with Crippen LogP contribution in [0.25, 0.3) is 0 Å². The van der Waals surface area contributed by atoms with Crippen molar-refractivity contribution < 1.29 is 14.7 Å². The van der Waals surface area contributed by atoms with Crippen LogP contribution < -0.4 is 5.32 Å². The summed E-state index contributed by atoms with van der Waals surface area (Å²) in [5.41, 5.74) is 1.24. The van der Waals surface area contributed by atoms with Crippen LogP contribution in [0.4, 0.5) is 5.69 Å². The molecule has 1 fully saturated rings. The first-order valence-corrected chi connectivity index (χ1v) is 8.03. The number of benzene rings is 1. The molecule has 0 radical (unpaired) electrons. The Kier molecular flexibility index (Phi) is 4.63. The van der Waals surface area contributed by atoms with E-state index in [1.165, 1.54) is 6.20 Å². The fourth-order valence-electron chi connectivity index (χ4n) is 2.51. The predicted octanol–water partition coefficient (Wildman–Crippen LogP) is 1.39. The normalized spacial score (nSPS) is 17.8. The summed E-state index contributed by atoms with van der Waals surface area (Å²) >= 11 is 0.960. The van der Waals surface area contributed by atoms with E-state index < -0.39 is 6.10 Å². The van der Waals surface area contributed by atoms with Gasteiger partial charge in [-0.25, -0.2) is 0 Å². The summed E-state index contributed by atoms with van der Waals surface area (Å²) < 4.78 is 7.65. The largest absolute Gasteiger partial charge is 0.391 e. The molecule has 0 spiro atoms. The highest BCUT2D eigenvalue weighted by atomic mass is 32.1. The van der Waals surface area contributed by atoms with Crippen LogP contribution in [0, 0.1) is 0 Å². The molecule has 1 aromatic heterocycles. The SMILES string of the molecule is O=C(Nc1cccc(C(=O)N2CCCC(O)C2)c1)c1cnsn1. The Hall–Kier alpha value is -2.32. The van der Waals surface area contributed by atoms with Gasteiger partial charge in [-0.1, -0.05) is 6.07 Å². The summed E-state index contributed by atoms with van der Waals surface area (Å²) in [6, 6.07) is 6.74. The number of rotatable bonds is 3. The first-order chi connectivity index (χ1) is 11.1. The van der Waals surface area contributed by atoms with Crippen molar-refractivity contribution in [2.45, 2.75) is 18.9 Å². The van der Waals surface area contributed by atoms with Gasteiger partial charge in [0.1, 0.15) is 0 Å². The maximum Gasteiger partial charge on any atom is 0.277 e. The Bertz CT molecular complexity index is 705. The molecule has 0 aliphatic carbocycles. The highest BCUT2D eigenvalue weighted by molar-refractivity contribution is 6.99. The maximum atomic E-state index is 12.5. The quantitative estimate of drug-likeness (QED) is 0.885. The fourth-order valence-corrected chi connectivity index (χ4v) is 2.92. The Morgan fingerprint density at radius 1 is 1.39 bits per heavy atom. The molecule has 2 N–H and O–H groups in total. The van der Waals surface area contributed by atoms with Crippen LogP contribution in [0.2, 0.25) is 0 Å². The lowest BCUT2D eigenvalue weighted by molar-refractivity contribution is 0.0474. The van der Waals surface area contributed by atoms with Gasteiger partial charge in [0.25, 0.3) is 11.8 Å². The number of nitrogens with zero attached hydrogens (tertiary/aromatic N) is 3. The number of carbonyl (C=O) groups is 2. The van der Waals surface area contributed by atoms with E-state index in [1.54, 1.807) is 29.2 Å². The zero-order valence-corrected chi connectivity index (χ0v) is 13.1. The summed E-state index contributed by atoms with van der Waals surface area (Å²) in [4.78, 5) is 26.1. The van der Waals surface area contributed by atoms with Gasteiger partial charge in [-0.15, -0.1) is 0 Å².